The second kappa shape index (κ2) is 14.0. The summed E-state index contributed by atoms with van der Waals surface area (Å²) in [5.41, 5.74) is 3.96. The van der Waals surface area contributed by atoms with Crippen molar-refractivity contribution in [1.82, 2.24) is 30.9 Å². The summed E-state index contributed by atoms with van der Waals surface area (Å²) in [6.45, 7) is 15.9. The van der Waals surface area contributed by atoms with Crippen molar-refractivity contribution in [3.05, 3.63) is 0 Å². The van der Waals surface area contributed by atoms with Gasteiger partial charge in [0.1, 0.15) is 0 Å². The van der Waals surface area contributed by atoms with E-state index in [-0.39, 0.29) is 18.0 Å². The molecule has 6 unspecified atom stereocenters. The lowest BCUT2D eigenvalue weighted by Gasteiger charge is -2.50. The number of piperidine rings is 1. The molecule has 7 heteroatoms. The van der Waals surface area contributed by atoms with Crippen molar-refractivity contribution in [2.24, 2.45) is 17.8 Å². The smallest absolute Gasteiger partial charge is 0.221 e. The van der Waals surface area contributed by atoms with Crippen molar-refractivity contribution >= 4 is 5.91 Å². The SMILES string of the molecule is CC(C)NC(=O)CC(C1CCN(C2CCCCC2)N1)N1CCCN(C2CC(C(C)C)CC3CCCNC32)CC1. The van der Waals surface area contributed by atoms with E-state index in [9.17, 15) is 4.79 Å². The molecule has 3 aliphatic heterocycles. The van der Waals surface area contributed by atoms with Crippen molar-refractivity contribution in [1.29, 1.82) is 0 Å². The number of amides is 1. The quantitative estimate of drug-likeness (QED) is 0.430. The molecule has 3 heterocycles. The molecule has 3 N–H and O–H groups in total. The lowest BCUT2D eigenvalue weighted by atomic mass is 9.68. The van der Waals surface area contributed by atoms with Gasteiger partial charge in [-0.2, -0.15) is 0 Å². The van der Waals surface area contributed by atoms with Gasteiger partial charge in [-0.05, 0) is 103 Å². The molecule has 1 amide bonds. The number of fused-ring (bicyclic) bond motifs is 1. The molecule has 2 saturated carbocycles. The van der Waals surface area contributed by atoms with Crippen LogP contribution in [0.1, 0.15) is 105 Å². The van der Waals surface area contributed by atoms with Crippen LogP contribution in [0.15, 0.2) is 0 Å². The molecule has 0 spiro atoms. The standard InChI is InChI=1S/C32H60N6O/c1-23(2)26-20-25-10-8-14-33-32(25)30(21-26)37-16-9-15-36(18-19-37)29(22-31(39)34-24(3)4)28-13-17-38(35-28)27-11-6-5-7-12-27/h23-30,32-33,35H,5-22H2,1-4H3,(H,34,39). The van der Waals surface area contributed by atoms with Crippen LogP contribution in [0.3, 0.4) is 0 Å². The van der Waals surface area contributed by atoms with E-state index in [4.69, 9.17) is 0 Å². The Morgan fingerprint density at radius 2 is 1.69 bits per heavy atom. The topological polar surface area (TPSA) is 62.9 Å². The number of rotatable bonds is 8. The fourth-order valence-corrected chi connectivity index (χ4v) is 8.85. The molecule has 5 aliphatic rings. The highest BCUT2D eigenvalue weighted by Crippen LogP contribution is 2.40. The Morgan fingerprint density at radius 3 is 2.46 bits per heavy atom. The van der Waals surface area contributed by atoms with Gasteiger partial charge in [0.2, 0.25) is 5.91 Å². The minimum Gasteiger partial charge on any atom is -0.354 e. The number of carbonyl (C=O) groups excluding carboxylic acids is 1. The molecule has 0 aromatic carbocycles. The summed E-state index contributed by atoms with van der Waals surface area (Å²) in [4.78, 5) is 18.7. The first kappa shape index (κ1) is 29.8. The van der Waals surface area contributed by atoms with E-state index in [1.54, 1.807) is 0 Å². The summed E-state index contributed by atoms with van der Waals surface area (Å²) < 4.78 is 0. The molecule has 3 saturated heterocycles. The Balaban J connectivity index is 1.26. The molecular weight excluding hydrogens is 484 g/mol. The van der Waals surface area contributed by atoms with Crippen LogP contribution >= 0.6 is 0 Å². The predicted octanol–water partition coefficient (Wildman–Crippen LogP) is 3.99. The third kappa shape index (κ3) is 7.57. The van der Waals surface area contributed by atoms with Gasteiger partial charge in [-0.1, -0.05) is 33.1 Å². The second-order valence-electron chi connectivity index (χ2n) is 14.4. The number of nitrogens with zero attached hydrogens (tertiary/aromatic N) is 3. The van der Waals surface area contributed by atoms with Crippen molar-refractivity contribution < 1.29 is 4.79 Å². The lowest BCUT2D eigenvalue weighted by Crippen LogP contribution is -2.60. The van der Waals surface area contributed by atoms with E-state index < -0.39 is 0 Å². The Hall–Kier alpha value is -0.730. The van der Waals surface area contributed by atoms with Crippen LogP contribution in [-0.4, -0.2) is 96.2 Å². The van der Waals surface area contributed by atoms with Crippen molar-refractivity contribution in [2.75, 3.05) is 39.3 Å². The van der Waals surface area contributed by atoms with E-state index in [0.29, 0.717) is 30.6 Å². The molecule has 7 nitrogen and oxygen atoms in total. The van der Waals surface area contributed by atoms with Crippen LogP contribution in [0.4, 0.5) is 0 Å². The average molecular weight is 545 g/mol. The zero-order chi connectivity index (χ0) is 27.4. The molecule has 2 aliphatic carbocycles. The van der Waals surface area contributed by atoms with Gasteiger partial charge >= 0.3 is 0 Å². The summed E-state index contributed by atoms with van der Waals surface area (Å²) in [6, 6.07) is 2.88. The molecule has 6 atom stereocenters. The maximum atomic E-state index is 13.1. The Morgan fingerprint density at radius 1 is 0.872 bits per heavy atom. The molecular formula is C32H60N6O. The molecule has 0 bridgehead atoms. The van der Waals surface area contributed by atoms with Crippen LogP contribution in [-0.2, 0) is 4.79 Å². The average Bonchev–Trinajstić information content (AvgIpc) is 3.29. The number of carbonyl (C=O) groups is 1. The summed E-state index contributed by atoms with van der Waals surface area (Å²) in [5.74, 6) is 2.71. The summed E-state index contributed by atoms with van der Waals surface area (Å²) in [6.07, 6.45) is 15.3. The normalized spacial score (nSPS) is 35.2. The van der Waals surface area contributed by atoms with Crippen molar-refractivity contribution in [2.45, 2.75) is 141 Å². The van der Waals surface area contributed by atoms with E-state index in [1.807, 2.05) is 0 Å². The highest BCUT2D eigenvalue weighted by molar-refractivity contribution is 5.76. The molecule has 5 rings (SSSR count). The zero-order valence-electron chi connectivity index (χ0n) is 25.7. The third-order valence-corrected chi connectivity index (χ3v) is 11.0. The highest BCUT2D eigenvalue weighted by Gasteiger charge is 2.43. The fourth-order valence-electron chi connectivity index (χ4n) is 8.85. The van der Waals surface area contributed by atoms with Crippen LogP contribution in [0, 0.1) is 17.8 Å². The monoisotopic (exact) mass is 544 g/mol. The maximum absolute atomic E-state index is 13.1. The van der Waals surface area contributed by atoms with Crippen LogP contribution in [0.25, 0.3) is 0 Å². The van der Waals surface area contributed by atoms with Gasteiger partial charge in [-0.25, -0.2) is 5.01 Å². The summed E-state index contributed by atoms with van der Waals surface area (Å²) >= 11 is 0. The number of hydrogen-bond donors (Lipinski definition) is 3. The minimum atomic E-state index is 0.198. The zero-order valence-corrected chi connectivity index (χ0v) is 25.7. The summed E-state index contributed by atoms with van der Waals surface area (Å²) in [7, 11) is 0. The number of hydrogen-bond acceptors (Lipinski definition) is 6. The molecule has 0 aromatic rings. The summed E-state index contributed by atoms with van der Waals surface area (Å²) in [5, 5.41) is 9.75. The van der Waals surface area contributed by atoms with Crippen LogP contribution in [0.5, 0.6) is 0 Å². The molecule has 224 valence electrons. The van der Waals surface area contributed by atoms with E-state index in [1.165, 1.54) is 77.3 Å². The van der Waals surface area contributed by atoms with E-state index >= 15 is 0 Å². The fraction of sp³-hybridized carbons (Fsp3) is 0.969. The number of hydrazine groups is 1. The largest absolute Gasteiger partial charge is 0.354 e. The molecule has 0 radical (unpaired) electrons. The van der Waals surface area contributed by atoms with Crippen molar-refractivity contribution in [3.63, 3.8) is 0 Å². The van der Waals surface area contributed by atoms with Gasteiger partial charge in [-0.3, -0.25) is 20.0 Å². The second-order valence-corrected chi connectivity index (χ2v) is 14.4. The van der Waals surface area contributed by atoms with Gasteiger partial charge in [-0.15, -0.1) is 0 Å². The van der Waals surface area contributed by atoms with E-state index in [2.05, 4.69) is 58.6 Å². The van der Waals surface area contributed by atoms with Crippen molar-refractivity contribution in [3.8, 4) is 0 Å². The van der Waals surface area contributed by atoms with Gasteiger partial charge in [0.05, 0.1) is 0 Å². The van der Waals surface area contributed by atoms with Gasteiger partial charge < -0.3 is 10.6 Å². The van der Waals surface area contributed by atoms with Gasteiger partial charge in [0.15, 0.2) is 0 Å². The maximum Gasteiger partial charge on any atom is 0.221 e. The minimum absolute atomic E-state index is 0.198. The molecule has 0 aromatic heterocycles. The van der Waals surface area contributed by atoms with Crippen LogP contribution in [0.2, 0.25) is 0 Å². The lowest BCUT2D eigenvalue weighted by molar-refractivity contribution is -0.123. The molecule has 39 heavy (non-hydrogen) atoms. The van der Waals surface area contributed by atoms with Gasteiger partial charge in [0, 0.05) is 62.3 Å². The van der Waals surface area contributed by atoms with E-state index in [0.717, 1.165) is 50.4 Å². The number of nitrogens with one attached hydrogen (secondary N) is 3. The predicted molar refractivity (Wildman–Crippen MR) is 160 cm³/mol. The first-order chi connectivity index (χ1) is 18.9. The molecule has 5 fully saturated rings. The Kier molecular flexibility index (Phi) is 10.6. The highest BCUT2D eigenvalue weighted by atomic mass is 16.1. The first-order valence-corrected chi connectivity index (χ1v) is 16.9. The first-order valence-electron chi connectivity index (χ1n) is 16.9. The Labute approximate surface area is 239 Å². The van der Waals surface area contributed by atoms with Gasteiger partial charge in [0.25, 0.3) is 0 Å². The third-order valence-electron chi connectivity index (χ3n) is 11.0. The van der Waals surface area contributed by atoms with Crippen LogP contribution < -0.4 is 16.1 Å². The Bertz CT molecular complexity index is 770.